The van der Waals surface area contributed by atoms with E-state index in [4.69, 9.17) is 9.52 Å². The average molecular weight is 554 g/mol. The number of alkyl halides is 2. The standard InChI is InChI=1S/C26H25F2N7O3S/c1-39(30,37)14-18-4-2-6-21(9-8-18)33-25-32-16-31-24(34-25)19-5-3-7-22(20(12-19)13-29)38-23-10-11-35(17-36)15-26(23,27)28/h2-3,5-9,12,16-17,19,23,30H,10-11,14-15H2,1H3,(H,31,32,33,34)/t19?,23-,39?/m0/s1. The van der Waals surface area contributed by atoms with Crippen molar-refractivity contribution in [3.05, 3.63) is 89.1 Å². The average Bonchev–Trinajstić information content (AvgIpc) is 3.22. The zero-order chi connectivity index (χ0) is 28.0. The van der Waals surface area contributed by atoms with Crippen molar-refractivity contribution in [3.63, 3.8) is 0 Å². The fourth-order valence-corrected chi connectivity index (χ4v) is 4.79. The lowest BCUT2D eigenvalue weighted by atomic mass is 10.0. The molecule has 202 valence electrons. The third-order valence-electron chi connectivity index (χ3n) is 5.85. The molecule has 2 N–H and O–H groups in total. The first-order valence-corrected chi connectivity index (χ1v) is 14.0. The van der Waals surface area contributed by atoms with Gasteiger partial charge in [-0.1, -0.05) is 12.2 Å². The lowest BCUT2D eigenvalue weighted by Crippen LogP contribution is -2.52. The Morgan fingerprint density at radius 3 is 2.92 bits per heavy atom. The predicted octanol–water partition coefficient (Wildman–Crippen LogP) is 3.37. The number of carbonyl (C=O) groups excluding carboxylic acids is 1. The summed E-state index contributed by atoms with van der Waals surface area (Å²) in [5.41, 5.74) is 4.27. The van der Waals surface area contributed by atoms with Crippen LogP contribution < -0.4 is 5.32 Å². The van der Waals surface area contributed by atoms with Crippen molar-refractivity contribution in [3.8, 4) is 6.07 Å². The molecule has 1 saturated heterocycles. The molecule has 2 heterocycles. The molecule has 0 bridgehead atoms. The number of nitrogens with one attached hydrogen (secondary N) is 2. The number of ether oxygens (including phenoxy) is 1. The molecule has 1 amide bonds. The summed E-state index contributed by atoms with van der Waals surface area (Å²) in [5.74, 6) is -3.23. The summed E-state index contributed by atoms with van der Waals surface area (Å²) in [6.07, 6.45) is 14.6. The van der Waals surface area contributed by atoms with E-state index in [1.165, 1.54) is 24.7 Å². The Bertz CT molecular complexity index is 1510. The molecule has 2 unspecified atom stereocenters. The minimum Gasteiger partial charge on any atom is -0.483 e. The SMILES string of the molecule is CS(=N)(=O)CC1=C=CC=C(Nc2ncnc(C3C=CC=C(O[C@H]4CCN(C=O)CC4(F)F)C(C#N)=C3)n2)C=C1. The summed E-state index contributed by atoms with van der Waals surface area (Å²) in [6.45, 7) is -0.620. The van der Waals surface area contributed by atoms with Gasteiger partial charge >= 0.3 is 5.92 Å². The van der Waals surface area contributed by atoms with E-state index in [2.05, 4.69) is 26.0 Å². The number of amides is 1. The van der Waals surface area contributed by atoms with E-state index in [1.54, 1.807) is 36.5 Å². The maximum Gasteiger partial charge on any atom is 0.301 e. The lowest BCUT2D eigenvalue weighted by molar-refractivity contribution is -0.162. The van der Waals surface area contributed by atoms with Gasteiger partial charge in [0.1, 0.15) is 24.0 Å². The van der Waals surface area contributed by atoms with Gasteiger partial charge < -0.3 is 15.0 Å². The quantitative estimate of drug-likeness (QED) is 0.368. The zero-order valence-corrected chi connectivity index (χ0v) is 21.7. The van der Waals surface area contributed by atoms with E-state index >= 15 is 0 Å². The monoisotopic (exact) mass is 553 g/mol. The van der Waals surface area contributed by atoms with Crippen LogP contribution in [0.2, 0.25) is 0 Å². The van der Waals surface area contributed by atoms with Crippen LogP contribution in [-0.4, -0.2) is 67.6 Å². The number of anilines is 1. The van der Waals surface area contributed by atoms with Gasteiger partial charge in [0.25, 0.3) is 0 Å². The molecule has 0 saturated carbocycles. The molecule has 2 aliphatic carbocycles. The molecule has 0 spiro atoms. The van der Waals surface area contributed by atoms with Gasteiger partial charge in [-0.05, 0) is 36.5 Å². The van der Waals surface area contributed by atoms with E-state index in [-0.39, 0.29) is 36.0 Å². The highest BCUT2D eigenvalue weighted by molar-refractivity contribution is 7.91. The number of hydrogen-bond donors (Lipinski definition) is 2. The first-order valence-electron chi connectivity index (χ1n) is 11.8. The number of halogens is 2. The van der Waals surface area contributed by atoms with Crippen LogP contribution in [-0.2, 0) is 19.3 Å². The Morgan fingerprint density at radius 1 is 1.38 bits per heavy atom. The van der Waals surface area contributed by atoms with E-state index in [0.717, 1.165) is 4.90 Å². The van der Waals surface area contributed by atoms with Crippen molar-refractivity contribution < 1.29 is 22.5 Å². The van der Waals surface area contributed by atoms with E-state index in [1.807, 2.05) is 6.07 Å². The molecule has 4 rings (SSSR count). The topological polar surface area (TPSA) is 145 Å². The molecular weight excluding hydrogens is 528 g/mol. The second-order valence-electron chi connectivity index (χ2n) is 9.10. The molecule has 3 atom stereocenters. The van der Waals surface area contributed by atoms with Crippen LogP contribution in [0.25, 0.3) is 0 Å². The van der Waals surface area contributed by atoms with Gasteiger partial charge in [-0.2, -0.15) is 10.2 Å². The smallest absolute Gasteiger partial charge is 0.301 e. The molecule has 1 aliphatic heterocycles. The van der Waals surface area contributed by atoms with Crippen molar-refractivity contribution in [2.45, 2.75) is 24.4 Å². The summed E-state index contributed by atoms with van der Waals surface area (Å²) in [4.78, 5) is 24.7. The summed E-state index contributed by atoms with van der Waals surface area (Å²) in [6, 6.07) is 2.00. The second kappa shape index (κ2) is 11.6. The van der Waals surface area contributed by atoms with Crippen molar-refractivity contribution in [1.29, 1.82) is 10.0 Å². The van der Waals surface area contributed by atoms with Crippen LogP contribution in [0, 0.1) is 16.1 Å². The number of hydrogen-bond acceptors (Lipinski definition) is 9. The Hall–Kier alpha value is -4.40. The molecule has 10 nitrogen and oxygen atoms in total. The first kappa shape index (κ1) is 27.6. The summed E-state index contributed by atoms with van der Waals surface area (Å²) < 4.78 is 54.1. The maximum atomic E-state index is 14.5. The molecule has 39 heavy (non-hydrogen) atoms. The fourth-order valence-electron chi connectivity index (χ4n) is 4.02. The van der Waals surface area contributed by atoms with Gasteiger partial charge in [-0.3, -0.25) is 9.57 Å². The molecule has 0 aromatic carbocycles. The zero-order valence-electron chi connectivity index (χ0n) is 20.9. The summed E-state index contributed by atoms with van der Waals surface area (Å²) >= 11 is 0. The van der Waals surface area contributed by atoms with Gasteiger partial charge in [-0.25, -0.2) is 23.0 Å². The number of nitriles is 1. The predicted molar refractivity (Wildman–Crippen MR) is 140 cm³/mol. The van der Waals surface area contributed by atoms with Crippen LogP contribution in [0.4, 0.5) is 14.7 Å². The van der Waals surface area contributed by atoms with E-state index in [9.17, 15) is 23.0 Å². The molecule has 3 aliphatic rings. The number of rotatable bonds is 8. The van der Waals surface area contributed by atoms with Gasteiger partial charge in [0.15, 0.2) is 6.10 Å². The number of nitrogens with zero attached hydrogens (tertiary/aromatic N) is 5. The number of likely N-dealkylation sites (tertiary alicyclic amines) is 1. The lowest BCUT2D eigenvalue weighted by Gasteiger charge is -2.36. The van der Waals surface area contributed by atoms with Crippen molar-refractivity contribution >= 4 is 22.1 Å². The van der Waals surface area contributed by atoms with Gasteiger partial charge in [0.05, 0.1) is 23.8 Å². The first-order chi connectivity index (χ1) is 18.6. The Kier molecular flexibility index (Phi) is 8.18. The molecule has 1 fully saturated rings. The van der Waals surface area contributed by atoms with Crippen molar-refractivity contribution in [1.82, 2.24) is 19.9 Å². The minimum absolute atomic E-state index is 0.000385. The molecular formula is C26H25F2N7O3S. The van der Waals surface area contributed by atoms with E-state index < -0.39 is 34.2 Å². The van der Waals surface area contributed by atoms with Gasteiger partial charge in [-0.15, -0.1) is 5.73 Å². The normalized spacial score (nSPS) is 23.6. The van der Waals surface area contributed by atoms with Crippen LogP contribution in [0.15, 0.2) is 83.3 Å². The second-order valence-corrected chi connectivity index (χ2v) is 11.4. The fraction of sp³-hybridized carbons (Fsp3) is 0.308. The highest BCUT2D eigenvalue weighted by Gasteiger charge is 2.46. The minimum atomic E-state index is -3.27. The van der Waals surface area contributed by atoms with Crippen LogP contribution in [0.5, 0.6) is 0 Å². The molecule has 1 aromatic rings. The number of allylic oxidation sites excluding steroid dienone is 8. The highest BCUT2D eigenvalue weighted by atomic mass is 32.2. The van der Waals surface area contributed by atoms with Gasteiger partial charge in [0.2, 0.25) is 12.4 Å². The number of piperidine rings is 1. The van der Waals surface area contributed by atoms with Crippen molar-refractivity contribution in [2.24, 2.45) is 0 Å². The number of carbonyl (C=O) groups is 1. The Balaban J connectivity index is 1.48. The Morgan fingerprint density at radius 2 is 2.21 bits per heavy atom. The largest absolute Gasteiger partial charge is 0.483 e. The Labute approximate surface area is 224 Å². The number of aromatic nitrogens is 3. The van der Waals surface area contributed by atoms with Crippen LogP contribution >= 0.6 is 0 Å². The highest BCUT2D eigenvalue weighted by Crippen LogP contribution is 2.33. The van der Waals surface area contributed by atoms with Gasteiger partial charge in [0, 0.05) is 40.2 Å². The third-order valence-corrected chi connectivity index (χ3v) is 6.71. The maximum absolute atomic E-state index is 14.5. The summed E-state index contributed by atoms with van der Waals surface area (Å²) in [5, 5.41) is 12.8. The van der Waals surface area contributed by atoms with E-state index in [0.29, 0.717) is 23.5 Å². The molecule has 0 radical (unpaired) electrons. The third kappa shape index (κ3) is 7.34. The van der Waals surface area contributed by atoms with Crippen molar-refractivity contribution in [2.75, 3.05) is 30.4 Å². The summed E-state index contributed by atoms with van der Waals surface area (Å²) in [7, 11) is -2.71. The molecule has 1 aromatic heterocycles. The van der Waals surface area contributed by atoms with Crippen LogP contribution in [0.1, 0.15) is 18.2 Å². The molecule has 13 heteroatoms. The van der Waals surface area contributed by atoms with Crippen LogP contribution in [0.3, 0.4) is 0 Å².